The average molecular weight is 489 g/mol. The van der Waals surface area contributed by atoms with Crippen molar-refractivity contribution in [1.82, 2.24) is 20.4 Å². The summed E-state index contributed by atoms with van der Waals surface area (Å²) in [5.74, 6) is 0.808. The lowest BCUT2D eigenvalue weighted by Crippen LogP contribution is -2.47. The molecule has 1 saturated carbocycles. The van der Waals surface area contributed by atoms with Crippen LogP contribution >= 0.6 is 0 Å². The summed E-state index contributed by atoms with van der Waals surface area (Å²) in [5, 5.41) is 5.69. The van der Waals surface area contributed by atoms with Gasteiger partial charge >= 0.3 is 0 Å². The number of methoxy groups -OCH3 is 1. The Bertz CT molecular complexity index is 873. The summed E-state index contributed by atoms with van der Waals surface area (Å²) in [6.07, 6.45) is 6.70. The van der Waals surface area contributed by atoms with Crippen LogP contribution in [0, 0.1) is 5.92 Å². The van der Waals surface area contributed by atoms with Crippen molar-refractivity contribution in [2.24, 2.45) is 5.92 Å². The van der Waals surface area contributed by atoms with Gasteiger partial charge in [-0.1, -0.05) is 6.42 Å². The third-order valence-corrected chi connectivity index (χ3v) is 6.80. The van der Waals surface area contributed by atoms with Crippen LogP contribution < -0.4 is 20.1 Å². The number of benzene rings is 1. The van der Waals surface area contributed by atoms with E-state index in [4.69, 9.17) is 9.47 Å². The lowest BCUT2D eigenvalue weighted by molar-refractivity contribution is -0.135. The van der Waals surface area contributed by atoms with Crippen molar-refractivity contribution in [2.45, 2.75) is 51.5 Å². The number of likely N-dealkylation sites (N-methyl/N-ethyl adjacent to an activating group) is 1. The Morgan fingerprint density at radius 1 is 1.06 bits per heavy atom. The summed E-state index contributed by atoms with van der Waals surface area (Å²) < 4.78 is 11.0. The van der Waals surface area contributed by atoms with Crippen molar-refractivity contribution in [3.05, 3.63) is 23.8 Å². The van der Waals surface area contributed by atoms with Crippen molar-refractivity contribution in [1.29, 1.82) is 0 Å². The third kappa shape index (κ3) is 8.13. The van der Waals surface area contributed by atoms with Gasteiger partial charge in [0.25, 0.3) is 11.8 Å². The van der Waals surface area contributed by atoms with E-state index in [0.717, 1.165) is 44.8 Å². The fraction of sp³-hybridized carbons (Fsp3) is 0.654. The van der Waals surface area contributed by atoms with Gasteiger partial charge in [0.1, 0.15) is 6.04 Å². The third-order valence-electron chi connectivity index (χ3n) is 6.80. The minimum absolute atomic E-state index is 0.123. The highest BCUT2D eigenvalue weighted by atomic mass is 16.5. The number of fused-ring (bicyclic) bond motifs is 18. The first kappa shape index (κ1) is 26.8. The molecule has 0 spiro atoms. The molecule has 2 aliphatic heterocycles. The molecular weight excluding hydrogens is 448 g/mol. The lowest BCUT2D eigenvalue weighted by atomic mass is 9.85. The number of nitrogens with one attached hydrogen (secondary N) is 2. The van der Waals surface area contributed by atoms with Crippen LogP contribution in [0.5, 0.6) is 11.5 Å². The van der Waals surface area contributed by atoms with Gasteiger partial charge < -0.3 is 29.9 Å². The molecule has 3 aliphatic rings. The van der Waals surface area contributed by atoms with Crippen LogP contribution in [0.4, 0.5) is 0 Å². The molecule has 1 aromatic carbocycles. The first-order chi connectivity index (χ1) is 16.9. The Morgan fingerprint density at radius 2 is 1.80 bits per heavy atom. The highest BCUT2D eigenvalue weighted by Gasteiger charge is 2.22. The second kappa shape index (κ2) is 13.3. The minimum Gasteiger partial charge on any atom is -0.493 e. The van der Waals surface area contributed by atoms with Crippen molar-refractivity contribution >= 4 is 17.7 Å². The van der Waals surface area contributed by atoms with Crippen LogP contribution in [0.1, 0.15) is 55.8 Å². The molecule has 2 bridgehead atoms. The molecule has 9 nitrogen and oxygen atoms in total. The zero-order valence-electron chi connectivity index (χ0n) is 21.3. The van der Waals surface area contributed by atoms with E-state index in [1.807, 2.05) is 0 Å². The smallest absolute Gasteiger partial charge is 0.258 e. The number of hydrogen-bond donors (Lipinski definition) is 2. The molecule has 1 aliphatic carbocycles. The SMILES string of the molecule is COc1cc2ccc1OCC(=O)N[C@@H](C)C(=O)N(C)CCCCN(CC1CCC1)CCCNC2=O. The topological polar surface area (TPSA) is 100 Å². The molecule has 1 fully saturated rings. The van der Waals surface area contributed by atoms with E-state index in [0.29, 0.717) is 30.2 Å². The van der Waals surface area contributed by atoms with E-state index in [-0.39, 0.29) is 18.4 Å². The van der Waals surface area contributed by atoms with Gasteiger partial charge in [0.2, 0.25) is 5.91 Å². The molecule has 0 aromatic heterocycles. The summed E-state index contributed by atoms with van der Waals surface area (Å²) in [5.41, 5.74) is 0.470. The van der Waals surface area contributed by atoms with Crippen LogP contribution in [0.25, 0.3) is 0 Å². The number of carbonyl (C=O) groups is 3. The fourth-order valence-electron chi connectivity index (χ4n) is 4.48. The van der Waals surface area contributed by atoms with Crippen molar-refractivity contribution in [3.63, 3.8) is 0 Å². The Labute approximate surface area is 208 Å². The molecule has 2 N–H and O–H groups in total. The van der Waals surface area contributed by atoms with Crippen LogP contribution in [0.2, 0.25) is 0 Å². The highest BCUT2D eigenvalue weighted by molar-refractivity contribution is 5.95. The van der Waals surface area contributed by atoms with Gasteiger partial charge in [0, 0.05) is 32.2 Å². The Morgan fingerprint density at radius 3 is 2.51 bits per heavy atom. The molecule has 4 rings (SSSR count). The van der Waals surface area contributed by atoms with E-state index in [2.05, 4.69) is 15.5 Å². The molecule has 0 unspecified atom stereocenters. The molecule has 0 saturated heterocycles. The van der Waals surface area contributed by atoms with Crippen molar-refractivity contribution in [3.8, 4) is 11.5 Å². The second-order valence-electron chi connectivity index (χ2n) is 9.62. The second-order valence-corrected chi connectivity index (χ2v) is 9.62. The number of nitrogens with zero attached hydrogens (tertiary/aromatic N) is 2. The molecule has 9 heteroatoms. The molecule has 35 heavy (non-hydrogen) atoms. The Balaban J connectivity index is 1.68. The molecule has 1 atom stereocenters. The van der Waals surface area contributed by atoms with E-state index in [1.165, 1.54) is 26.4 Å². The maximum absolute atomic E-state index is 12.7. The maximum Gasteiger partial charge on any atom is 0.258 e. The van der Waals surface area contributed by atoms with Crippen molar-refractivity contribution in [2.75, 3.05) is 53.5 Å². The number of rotatable bonds is 3. The van der Waals surface area contributed by atoms with Gasteiger partial charge in [-0.15, -0.1) is 0 Å². The number of carbonyl (C=O) groups excluding carboxylic acids is 3. The van der Waals surface area contributed by atoms with E-state index >= 15 is 0 Å². The minimum atomic E-state index is -0.645. The van der Waals surface area contributed by atoms with Gasteiger partial charge in [-0.25, -0.2) is 0 Å². The zero-order chi connectivity index (χ0) is 25.2. The summed E-state index contributed by atoms with van der Waals surface area (Å²) in [7, 11) is 3.26. The highest BCUT2D eigenvalue weighted by Crippen LogP contribution is 2.28. The van der Waals surface area contributed by atoms with E-state index in [9.17, 15) is 14.4 Å². The predicted octanol–water partition coefficient (Wildman–Crippen LogP) is 2.05. The fourth-order valence-corrected chi connectivity index (χ4v) is 4.48. The quantitative estimate of drug-likeness (QED) is 0.632. The predicted molar refractivity (Wildman–Crippen MR) is 134 cm³/mol. The molecule has 3 amide bonds. The van der Waals surface area contributed by atoms with Gasteiger partial charge in [0.05, 0.1) is 7.11 Å². The van der Waals surface area contributed by atoms with Gasteiger partial charge in [0.15, 0.2) is 18.1 Å². The van der Waals surface area contributed by atoms with Crippen LogP contribution in [0.15, 0.2) is 18.2 Å². The van der Waals surface area contributed by atoms with Crippen LogP contribution in [-0.4, -0.2) is 87.1 Å². The molecule has 0 radical (unpaired) electrons. The zero-order valence-corrected chi connectivity index (χ0v) is 21.3. The van der Waals surface area contributed by atoms with Gasteiger partial charge in [-0.2, -0.15) is 0 Å². The van der Waals surface area contributed by atoms with Gasteiger partial charge in [-0.3, -0.25) is 14.4 Å². The average Bonchev–Trinajstić information content (AvgIpc) is 2.83. The first-order valence-electron chi connectivity index (χ1n) is 12.7. The number of ether oxygens (including phenoxy) is 2. The first-order valence-corrected chi connectivity index (χ1v) is 12.7. The van der Waals surface area contributed by atoms with Crippen LogP contribution in [0.3, 0.4) is 0 Å². The summed E-state index contributed by atoms with van der Waals surface area (Å²) in [6, 6.07) is 4.23. The summed E-state index contributed by atoms with van der Waals surface area (Å²) >= 11 is 0. The van der Waals surface area contributed by atoms with E-state index < -0.39 is 11.9 Å². The van der Waals surface area contributed by atoms with Crippen molar-refractivity contribution < 1.29 is 23.9 Å². The monoisotopic (exact) mass is 488 g/mol. The molecule has 2 heterocycles. The standard InChI is InChI=1S/C26H40N4O5/c1-19-26(33)29(2)13-4-5-14-30(17-20-8-6-9-20)15-7-12-27-25(32)21-10-11-22(23(16-21)34-3)35-18-24(31)28-19/h10-11,16,19-20H,4-9,12-15,17-18H2,1-3H3,(H,27,32)(H,28,31)/t19-/m0/s1. The largest absolute Gasteiger partial charge is 0.493 e. The molecular formula is C26H40N4O5. The van der Waals surface area contributed by atoms with E-state index in [1.54, 1.807) is 37.1 Å². The molecule has 1 aromatic rings. The van der Waals surface area contributed by atoms with Gasteiger partial charge in [-0.05, 0) is 76.2 Å². The number of hydrogen-bond acceptors (Lipinski definition) is 6. The maximum atomic E-state index is 12.7. The summed E-state index contributed by atoms with van der Waals surface area (Å²) in [6.45, 7) is 5.67. The Hall–Kier alpha value is -2.81. The Kier molecular flexibility index (Phi) is 10.2. The normalized spacial score (nSPS) is 22.4. The van der Waals surface area contributed by atoms with Crippen LogP contribution in [-0.2, 0) is 9.59 Å². The summed E-state index contributed by atoms with van der Waals surface area (Å²) in [4.78, 5) is 41.9. The number of amides is 3. The molecule has 194 valence electrons. The lowest BCUT2D eigenvalue weighted by Gasteiger charge is -2.32.